The summed E-state index contributed by atoms with van der Waals surface area (Å²) in [6.07, 6.45) is 0. The van der Waals surface area contributed by atoms with Crippen molar-refractivity contribution < 1.29 is 13.5 Å². The first-order valence-corrected chi connectivity index (χ1v) is 6.37. The molecule has 0 unspecified atom stereocenters. The van der Waals surface area contributed by atoms with E-state index in [1.54, 1.807) is 19.1 Å². The Morgan fingerprint density at radius 3 is 2.32 bits per heavy atom. The van der Waals surface area contributed by atoms with Crippen LogP contribution in [0.15, 0.2) is 12.1 Å². The van der Waals surface area contributed by atoms with E-state index < -0.39 is 11.6 Å². The second-order valence-electron chi connectivity index (χ2n) is 4.78. The molecule has 108 valence electrons. The van der Waals surface area contributed by atoms with Gasteiger partial charge >= 0.3 is 0 Å². The van der Waals surface area contributed by atoms with Crippen molar-refractivity contribution in [2.24, 2.45) is 0 Å². The molecular formula is C14H22F2N2O. The molecule has 0 atom stereocenters. The number of ether oxygens (including phenoxy) is 1. The molecule has 0 aliphatic rings. The van der Waals surface area contributed by atoms with Crippen LogP contribution in [0.3, 0.4) is 0 Å². The van der Waals surface area contributed by atoms with Crippen molar-refractivity contribution in [3.8, 4) is 0 Å². The fourth-order valence-electron chi connectivity index (χ4n) is 1.72. The zero-order valence-electron chi connectivity index (χ0n) is 12.0. The van der Waals surface area contributed by atoms with Crippen LogP contribution in [0.5, 0.6) is 0 Å². The summed E-state index contributed by atoms with van der Waals surface area (Å²) in [6.45, 7) is 5.41. The Kier molecular flexibility index (Phi) is 6.18. The summed E-state index contributed by atoms with van der Waals surface area (Å²) < 4.78 is 32.8. The number of methoxy groups -OCH3 is 1. The first kappa shape index (κ1) is 15.9. The molecule has 0 bridgehead atoms. The predicted molar refractivity (Wildman–Crippen MR) is 73.5 cm³/mol. The van der Waals surface area contributed by atoms with Crippen LogP contribution < -0.4 is 10.2 Å². The van der Waals surface area contributed by atoms with Gasteiger partial charge in [0, 0.05) is 33.3 Å². The molecule has 5 heteroatoms. The van der Waals surface area contributed by atoms with Crippen LogP contribution in [-0.2, 0) is 11.3 Å². The molecule has 0 fully saturated rings. The van der Waals surface area contributed by atoms with Crippen molar-refractivity contribution in [1.82, 2.24) is 5.32 Å². The van der Waals surface area contributed by atoms with Crippen LogP contribution in [0.2, 0.25) is 0 Å². The minimum absolute atomic E-state index is 0.0237. The first-order valence-electron chi connectivity index (χ1n) is 6.37. The van der Waals surface area contributed by atoms with Crippen LogP contribution in [0.1, 0.15) is 19.4 Å². The van der Waals surface area contributed by atoms with Gasteiger partial charge in [0.1, 0.15) is 17.3 Å². The van der Waals surface area contributed by atoms with E-state index in [1.807, 2.05) is 13.8 Å². The molecular weight excluding hydrogens is 250 g/mol. The molecule has 0 spiro atoms. The summed E-state index contributed by atoms with van der Waals surface area (Å²) in [4.78, 5) is 1.59. The number of hydrogen-bond acceptors (Lipinski definition) is 3. The lowest BCUT2D eigenvalue weighted by Gasteiger charge is -2.25. The fourth-order valence-corrected chi connectivity index (χ4v) is 1.72. The van der Waals surface area contributed by atoms with Crippen molar-refractivity contribution in [1.29, 1.82) is 0 Å². The average molecular weight is 272 g/mol. The molecule has 0 radical (unpaired) electrons. The first-order chi connectivity index (χ1) is 8.97. The van der Waals surface area contributed by atoms with Gasteiger partial charge in [-0.3, -0.25) is 0 Å². The second kappa shape index (κ2) is 7.40. The minimum Gasteiger partial charge on any atom is -0.383 e. The van der Waals surface area contributed by atoms with Gasteiger partial charge in [0.15, 0.2) is 0 Å². The average Bonchev–Trinajstić information content (AvgIpc) is 2.33. The maximum atomic E-state index is 14.0. The lowest BCUT2D eigenvalue weighted by molar-refractivity contribution is 0.199. The van der Waals surface area contributed by atoms with Crippen LogP contribution in [0.25, 0.3) is 0 Å². The Morgan fingerprint density at radius 2 is 1.84 bits per heavy atom. The fraction of sp³-hybridized carbons (Fsp3) is 0.571. The number of anilines is 1. The molecule has 0 aliphatic heterocycles. The number of nitrogens with zero attached hydrogens (tertiary/aromatic N) is 1. The number of hydrogen-bond donors (Lipinski definition) is 1. The lowest BCUT2D eigenvalue weighted by atomic mass is 10.1. The van der Waals surface area contributed by atoms with Gasteiger partial charge in [-0.2, -0.15) is 0 Å². The Bertz CT molecular complexity index is 387. The molecule has 1 aromatic rings. The number of benzene rings is 1. The summed E-state index contributed by atoms with van der Waals surface area (Å²) in [6, 6.07) is 2.78. The van der Waals surface area contributed by atoms with E-state index in [4.69, 9.17) is 4.74 Å². The van der Waals surface area contributed by atoms with Gasteiger partial charge in [-0.05, 0) is 31.5 Å². The lowest BCUT2D eigenvalue weighted by Crippen LogP contribution is -2.28. The molecule has 1 aromatic carbocycles. The van der Waals surface area contributed by atoms with Crippen LogP contribution in [0, 0.1) is 11.6 Å². The van der Waals surface area contributed by atoms with Gasteiger partial charge < -0.3 is 15.0 Å². The Morgan fingerprint density at radius 1 is 1.26 bits per heavy atom. The minimum atomic E-state index is -0.528. The summed E-state index contributed by atoms with van der Waals surface area (Å²) in [5.74, 6) is -1.06. The molecule has 0 aromatic heterocycles. The third kappa shape index (κ3) is 4.44. The van der Waals surface area contributed by atoms with E-state index in [0.29, 0.717) is 25.3 Å². The highest BCUT2D eigenvalue weighted by Gasteiger charge is 2.17. The van der Waals surface area contributed by atoms with Crippen molar-refractivity contribution >= 4 is 5.69 Å². The quantitative estimate of drug-likeness (QED) is 0.772. The van der Waals surface area contributed by atoms with Gasteiger partial charge in [0.25, 0.3) is 0 Å². The van der Waals surface area contributed by atoms with Crippen molar-refractivity contribution in [3.63, 3.8) is 0 Å². The van der Waals surface area contributed by atoms with Crippen LogP contribution in [0.4, 0.5) is 14.5 Å². The number of rotatable bonds is 7. The second-order valence-corrected chi connectivity index (χ2v) is 4.78. The van der Waals surface area contributed by atoms with Crippen molar-refractivity contribution in [3.05, 3.63) is 29.3 Å². The molecule has 1 N–H and O–H groups in total. The maximum Gasteiger partial charge on any atom is 0.149 e. The van der Waals surface area contributed by atoms with E-state index in [2.05, 4.69) is 5.32 Å². The van der Waals surface area contributed by atoms with Gasteiger partial charge in [-0.1, -0.05) is 0 Å². The molecule has 0 aliphatic carbocycles. The molecule has 0 amide bonds. The van der Waals surface area contributed by atoms with Gasteiger partial charge in [-0.15, -0.1) is 0 Å². The van der Waals surface area contributed by atoms with Crippen LogP contribution >= 0.6 is 0 Å². The monoisotopic (exact) mass is 272 g/mol. The van der Waals surface area contributed by atoms with E-state index in [0.717, 1.165) is 0 Å². The summed E-state index contributed by atoms with van der Waals surface area (Å²) in [5, 5.41) is 3.06. The van der Waals surface area contributed by atoms with E-state index >= 15 is 0 Å². The topological polar surface area (TPSA) is 24.5 Å². The normalized spacial score (nSPS) is 11.1. The summed E-state index contributed by atoms with van der Waals surface area (Å²) >= 11 is 0. The molecule has 0 saturated heterocycles. The highest BCUT2D eigenvalue weighted by Crippen LogP contribution is 2.25. The predicted octanol–water partition coefficient (Wildman–Crippen LogP) is 2.55. The summed E-state index contributed by atoms with van der Waals surface area (Å²) in [5.41, 5.74) is 0.614. The van der Waals surface area contributed by atoms with Crippen molar-refractivity contribution in [2.75, 3.05) is 32.2 Å². The molecule has 19 heavy (non-hydrogen) atoms. The van der Waals surface area contributed by atoms with E-state index in [1.165, 1.54) is 12.1 Å². The largest absolute Gasteiger partial charge is 0.383 e. The summed E-state index contributed by atoms with van der Waals surface area (Å²) in [7, 11) is 3.29. The van der Waals surface area contributed by atoms with Gasteiger partial charge in [-0.25, -0.2) is 8.78 Å². The Balaban J connectivity index is 2.79. The highest BCUT2D eigenvalue weighted by atomic mass is 19.1. The van der Waals surface area contributed by atoms with Crippen molar-refractivity contribution in [2.45, 2.75) is 26.4 Å². The van der Waals surface area contributed by atoms with E-state index in [-0.39, 0.29) is 11.7 Å². The molecule has 0 saturated carbocycles. The highest BCUT2D eigenvalue weighted by molar-refractivity contribution is 5.50. The standard InChI is InChI=1S/C14H22F2N2O/c1-10(2)18(3)14-12(15)7-11(8-13(14)16)9-17-5-6-19-4/h7-8,10,17H,5-6,9H2,1-4H3. The Labute approximate surface area is 113 Å². The number of nitrogens with one attached hydrogen (secondary N) is 1. The van der Waals surface area contributed by atoms with E-state index in [9.17, 15) is 8.78 Å². The zero-order chi connectivity index (χ0) is 14.4. The molecule has 0 heterocycles. The number of halogens is 2. The zero-order valence-corrected chi connectivity index (χ0v) is 12.0. The third-order valence-corrected chi connectivity index (χ3v) is 3.02. The van der Waals surface area contributed by atoms with Crippen LogP contribution in [-0.4, -0.2) is 33.4 Å². The molecule has 3 nitrogen and oxygen atoms in total. The van der Waals surface area contributed by atoms with Gasteiger partial charge in [0.05, 0.1) is 6.61 Å². The third-order valence-electron chi connectivity index (χ3n) is 3.02. The maximum absolute atomic E-state index is 14.0. The smallest absolute Gasteiger partial charge is 0.149 e. The SMILES string of the molecule is COCCNCc1cc(F)c(N(C)C(C)C)c(F)c1. The molecule has 1 rings (SSSR count). The van der Waals surface area contributed by atoms with Gasteiger partial charge in [0.2, 0.25) is 0 Å². The Hall–Kier alpha value is -1.20.